The summed E-state index contributed by atoms with van der Waals surface area (Å²) in [5, 5.41) is 6.42. The molecule has 1 heterocycles. The van der Waals surface area contributed by atoms with Crippen LogP contribution in [0.15, 0.2) is 24.3 Å². The van der Waals surface area contributed by atoms with Crippen molar-refractivity contribution < 1.29 is 4.79 Å². The maximum absolute atomic E-state index is 11.8. The molecule has 0 bridgehead atoms. The fraction of sp³-hybridized carbons (Fsp3) is 0.533. The van der Waals surface area contributed by atoms with E-state index in [4.69, 9.17) is 0 Å². The van der Waals surface area contributed by atoms with E-state index in [1.165, 1.54) is 11.1 Å². The number of hydrogen-bond acceptors (Lipinski definition) is 3. The molecule has 1 aromatic rings. The van der Waals surface area contributed by atoms with Gasteiger partial charge in [-0.2, -0.15) is 0 Å². The van der Waals surface area contributed by atoms with Crippen molar-refractivity contribution in [3.8, 4) is 0 Å². The fourth-order valence-electron chi connectivity index (χ4n) is 2.30. The predicted octanol–water partition coefficient (Wildman–Crippen LogP) is 2.52. The zero-order valence-corrected chi connectivity index (χ0v) is 13.5. The molecule has 112 valence electrons. The molecule has 1 saturated heterocycles. The van der Waals surface area contributed by atoms with Crippen molar-refractivity contribution in [2.75, 3.05) is 18.8 Å². The molecule has 0 unspecified atom stereocenters. The van der Waals surface area contributed by atoms with Gasteiger partial charge in [0.1, 0.15) is 0 Å². The number of hydrogen-bond donors (Lipinski definition) is 2. The van der Waals surface area contributed by atoms with Crippen LogP contribution in [-0.2, 0) is 10.5 Å². The van der Waals surface area contributed by atoms with Crippen molar-refractivity contribution in [3.63, 3.8) is 0 Å². The largest absolute Gasteiger partial charge is 0.353 e. The number of rotatable bonds is 5. The van der Waals surface area contributed by atoms with Gasteiger partial charge in [-0.1, -0.05) is 29.8 Å². The number of thioether (sulfide) groups is 1. The van der Waals surface area contributed by atoms with Crippen LogP contribution in [-0.4, -0.2) is 30.8 Å². The first kappa shape index (κ1) is 17.3. The molecule has 0 aromatic heterocycles. The Kier molecular flexibility index (Phi) is 8.04. The Bertz CT molecular complexity index is 422. The Morgan fingerprint density at radius 3 is 2.85 bits per heavy atom. The lowest BCUT2D eigenvalue weighted by molar-refractivity contribution is -0.119. The third-order valence-electron chi connectivity index (χ3n) is 3.29. The quantitative estimate of drug-likeness (QED) is 0.877. The molecule has 0 saturated carbocycles. The van der Waals surface area contributed by atoms with Crippen LogP contribution < -0.4 is 10.6 Å². The molecular formula is C15H23ClN2OS. The molecule has 20 heavy (non-hydrogen) atoms. The number of halogens is 1. The molecule has 3 nitrogen and oxygen atoms in total. The number of nitrogens with one attached hydrogen (secondary N) is 2. The highest BCUT2D eigenvalue weighted by Crippen LogP contribution is 2.13. The monoisotopic (exact) mass is 314 g/mol. The summed E-state index contributed by atoms with van der Waals surface area (Å²) in [6.07, 6.45) is 2.10. The van der Waals surface area contributed by atoms with Crippen LogP contribution in [0.25, 0.3) is 0 Å². The molecule has 0 atom stereocenters. The van der Waals surface area contributed by atoms with Gasteiger partial charge in [0, 0.05) is 11.8 Å². The second-order valence-corrected chi connectivity index (χ2v) is 6.06. The molecule has 1 amide bonds. The van der Waals surface area contributed by atoms with Gasteiger partial charge in [0.15, 0.2) is 0 Å². The standard InChI is InChI=1S/C15H22N2OS.ClH/c1-12-3-2-4-13(9-12)10-19-11-15(18)17-14-5-7-16-8-6-14;/h2-4,9,14,16H,5-8,10-11H2,1H3,(H,17,18);1H. The summed E-state index contributed by atoms with van der Waals surface area (Å²) in [7, 11) is 0. The summed E-state index contributed by atoms with van der Waals surface area (Å²) < 4.78 is 0. The number of carbonyl (C=O) groups is 1. The zero-order valence-electron chi connectivity index (χ0n) is 11.9. The molecule has 2 rings (SSSR count). The van der Waals surface area contributed by atoms with Gasteiger partial charge >= 0.3 is 0 Å². The van der Waals surface area contributed by atoms with E-state index in [1.54, 1.807) is 11.8 Å². The second-order valence-electron chi connectivity index (χ2n) is 5.07. The summed E-state index contributed by atoms with van der Waals surface area (Å²) in [6, 6.07) is 8.83. The van der Waals surface area contributed by atoms with Crippen LogP contribution in [0.3, 0.4) is 0 Å². The van der Waals surface area contributed by atoms with Gasteiger partial charge in [-0.05, 0) is 38.4 Å². The molecule has 1 aliphatic heterocycles. The molecule has 0 spiro atoms. The lowest BCUT2D eigenvalue weighted by Gasteiger charge is -2.23. The molecule has 0 aliphatic carbocycles. The number of carbonyl (C=O) groups excluding carboxylic acids is 1. The molecule has 1 aliphatic rings. The third-order valence-corrected chi connectivity index (χ3v) is 4.29. The molecule has 2 N–H and O–H groups in total. The SMILES string of the molecule is Cc1cccc(CSCC(=O)NC2CCNCC2)c1.Cl. The molecule has 0 radical (unpaired) electrons. The van der Waals surface area contributed by atoms with Gasteiger partial charge in [0.2, 0.25) is 5.91 Å². The van der Waals surface area contributed by atoms with E-state index in [0.717, 1.165) is 31.7 Å². The normalized spacial score (nSPS) is 15.4. The van der Waals surface area contributed by atoms with Crippen LogP contribution in [0, 0.1) is 6.92 Å². The summed E-state index contributed by atoms with van der Waals surface area (Å²) in [6.45, 7) is 4.13. The zero-order chi connectivity index (χ0) is 13.5. The Morgan fingerprint density at radius 1 is 1.40 bits per heavy atom. The molecular weight excluding hydrogens is 292 g/mol. The smallest absolute Gasteiger partial charge is 0.230 e. The summed E-state index contributed by atoms with van der Waals surface area (Å²) in [5.74, 6) is 1.63. The van der Waals surface area contributed by atoms with E-state index in [0.29, 0.717) is 11.8 Å². The highest BCUT2D eigenvalue weighted by atomic mass is 35.5. The van der Waals surface area contributed by atoms with Gasteiger partial charge in [-0.3, -0.25) is 4.79 Å². The first-order chi connectivity index (χ1) is 9.24. The first-order valence-corrected chi connectivity index (χ1v) is 8.03. The second kappa shape index (κ2) is 9.27. The minimum atomic E-state index is 0. The third kappa shape index (κ3) is 6.16. The van der Waals surface area contributed by atoms with E-state index in [1.807, 2.05) is 0 Å². The van der Waals surface area contributed by atoms with Crippen molar-refractivity contribution in [1.82, 2.24) is 10.6 Å². The van der Waals surface area contributed by atoms with E-state index in [2.05, 4.69) is 41.8 Å². The van der Waals surface area contributed by atoms with Crippen LogP contribution in [0.4, 0.5) is 0 Å². The fourth-order valence-corrected chi connectivity index (χ4v) is 3.09. The van der Waals surface area contributed by atoms with Crippen LogP contribution >= 0.6 is 24.2 Å². The van der Waals surface area contributed by atoms with Gasteiger partial charge in [0.25, 0.3) is 0 Å². The Hall–Kier alpha value is -0.710. The van der Waals surface area contributed by atoms with Gasteiger partial charge < -0.3 is 10.6 Å². The lowest BCUT2D eigenvalue weighted by atomic mass is 10.1. The van der Waals surface area contributed by atoms with E-state index in [-0.39, 0.29) is 18.3 Å². The average molecular weight is 315 g/mol. The molecule has 5 heteroatoms. The minimum absolute atomic E-state index is 0. The number of amides is 1. The van der Waals surface area contributed by atoms with E-state index in [9.17, 15) is 4.79 Å². The summed E-state index contributed by atoms with van der Waals surface area (Å²) in [4.78, 5) is 11.8. The molecule has 1 aromatic carbocycles. The lowest BCUT2D eigenvalue weighted by Crippen LogP contribution is -2.43. The Balaban J connectivity index is 0.00000200. The summed E-state index contributed by atoms with van der Waals surface area (Å²) >= 11 is 1.68. The van der Waals surface area contributed by atoms with Gasteiger partial charge in [-0.15, -0.1) is 24.2 Å². The van der Waals surface area contributed by atoms with Crippen LogP contribution in [0.2, 0.25) is 0 Å². The van der Waals surface area contributed by atoms with Crippen LogP contribution in [0.5, 0.6) is 0 Å². The maximum Gasteiger partial charge on any atom is 0.230 e. The van der Waals surface area contributed by atoms with Crippen molar-refractivity contribution in [3.05, 3.63) is 35.4 Å². The molecule has 1 fully saturated rings. The maximum atomic E-state index is 11.8. The van der Waals surface area contributed by atoms with Crippen molar-refractivity contribution >= 4 is 30.1 Å². The topological polar surface area (TPSA) is 41.1 Å². The highest BCUT2D eigenvalue weighted by Gasteiger charge is 2.14. The van der Waals surface area contributed by atoms with Gasteiger partial charge in [0.05, 0.1) is 5.75 Å². The number of benzene rings is 1. The Morgan fingerprint density at radius 2 is 2.15 bits per heavy atom. The average Bonchev–Trinajstić information content (AvgIpc) is 2.40. The first-order valence-electron chi connectivity index (χ1n) is 6.87. The summed E-state index contributed by atoms with van der Waals surface area (Å²) in [5.41, 5.74) is 2.57. The van der Waals surface area contributed by atoms with Crippen molar-refractivity contribution in [1.29, 1.82) is 0 Å². The minimum Gasteiger partial charge on any atom is -0.353 e. The van der Waals surface area contributed by atoms with E-state index >= 15 is 0 Å². The highest BCUT2D eigenvalue weighted by molar-refractivity contribution is 7.99. The number of piperidine rings is 1. The predicted molar refractivity (Wildman–Crippen MR) is 88.6 cm³/mol. The van der Waals surface area contributed by atoms with Crippen molar-refractivity contribution in [2.24, 2.45) is 0 Å². The van der Waals surface area contributed by atoms with Gasteiger partial charge in [-0.25, -0.2) is 0 Å². The van der Waals surface area contributed by atoms with Crippen molar-refractivity contribution in [2.45, 2.75) is 31.6 Å². The van der Waals surface area contributed by atoms with Crippen LogP contribution in [0.1, 0.15) is 24.0 Å². The number of aryl methyl sites for hydroxylation is 1. The van der Waals surface area contributed by atoms with E-state index < -0.39 is 0 Å². The Labute approximate surface area is 131 Å².